The Hall–Kier alpha value is -4.09. The Morgan fingerprint density at radius 3 is 2.31 bits per heavy atom. The van der Waals surface area contributed by atoms with Gasteiger partial charge >= 0.3 is 11.9 Å². The molecule has 0 saturated carbocycles. The number of nitrogens with two attached hydrogens (primary N) is 1. The van der Waals surface area contributed by atoms with E-state index in [2.05, 4.69) is 0 Å². The highest BCUT2D eigenvalue weighted by Gasteiger charge is 2.67. The highest BCUT2D eigenvalue weighted by Crippen LogP contribution is 2.61. The summed E-state index contributed by atoms with van der Waals surface area (Å²) < 4.78 is 10.4. The maximum atomic E-state index is 13.6. The van der Waals surface area contributed by atoms with E-state index >= 15 is 0 Å². The van der Waals surface area contributed by atoms with Crippen LogP contribution in [0.1, 0.15) is 37.8 Å². The molecule has 0 heterocycles. The van der Waals surface area contributed by atoms with Gasteiger partial charge in [0, 0.05) is 5.57 Å². The maximum absolute atomic E-state index is 13.6. The number of aryl methyl sites for hydroxylation is 1. The Balaban J connectivity index is 2.50. The summed E-state index contributed by atoms with van der Waals surface area (Å²) in [5.74, 6) is -1.68. The average molecular weight is 430 g/mol. The molecule has 0 fully saturated rings. The van der Waals surface area contributed by atoms with Gasteiger partial charge in [-0.2, -0.15) is 15.8 Å². The van der Waals surface area contributed by atoms with Crippen LogP contribution in [0.3, 0.4) is 0 Å². The molecule has 0 amide bonds. The van der Waals surface area contributed by atoms with Crippen molar-refractivity contribution in [2.75, 3.05) is 13.2 Å². The third-order valence-corrected chi connectivity index (χ3v) is 6.10. The number of hydrogen-bond acceptors (Lipinski definition) is 8. The number of nitrogens with zero attached hydrogens (tertiary/aromatic N) is 3. The SMILES string of the molecule is CCOC(=O)CC1(C(=O)OCC)C2=C(C(C#N)=C(N)C1(C#N)C#N)c1ccccc1CC2. The minimum atomic E-state index is -2.32. The lowest BCUT2D eigenvalue weighted by Gasteiger charge is -2.47. The summed E-state index contributed by atoms with van der Waals surface area (Å²) in [5.41, 5.74) is 3.88. The van der Waals surface area contributed by atoms with Gasteiger partial charge in [0.1, 0.15) is 11.5 Å². The first kappa shape index (κ1) is 22.6. The van der Waals surface area contributed by atoms with Crippen LogP contribution in [0.4, 0.5) is 0 Å². The molecular weight excluding hydrogens is 408 g/mol. The molecule has 1 atom stereocenters. The van der Waals surface area contributed by atoms with Crippen LogP contribution < -0.4 is 5.73 Å². The molecule has 0 spiro atoms. The maximum Gasteiger partial charge on any atom is 0.320 e. The molecule has 0 bridgehead atoms. The first-order chi connectivity index (χ1) is 15.4. The molecule has 0 aromatic heterocycles. The second-order valence-corrected chi connectivity index (χ2v) is 7.49. The van der Waals surface area contributed by atoms with Crippen molar-refractivity contribution in [3.63, 3.8) is 0 Å². The van der Waals surface area contributed by atoms with Gasteiger partial charge < -0.3 is 15.2 Å². The van der Waals surface area contributed by atoms with Gasteiger partial charge in [0.05, 0.1) is 43.0 Å². The molecule has 1 aromatic carbocycles. The molecule has 2 N–H and O–H groups in total. The van der Waals surface area contributed by atoms with E-state index in [1.807, 2.05) is 30.3 Å². The van der Waals surface area contributed by atoms with Gasteiger partial charge in [-0.3, -0.25) is 9.59 Å². The number of carbonyl (C=O) groups is 2. The lowest BCUT2D eigenvalue weighted by molar-refractivity contribution is -0.163. The van der Waals surface area contributed by atoms with Crippen molar-refractivity contribution < 1.29 is 19.1 Å². The van der Waals surface area contributed by atoms with E-state index in [1.165, 1.54) is 0 Å². The molecule has 32 heavy (non-hydrogen) atoms. The molecule has 8 nitrogen and oxygen atoms in total. The van der Waals surface area contributed by atoms with Crippen LogP contribution in [0.15, 0.2) is 41.1 Å². The largest absolute Gasteiger partial charge is 0.466 e. The summed E-state index contributed by atoms with van der Waals surface area (Å²) in [6.45, 7) is 3.21. The number of rotatable bonds is 5. The van der Waals surface area contributed by atoms with Gasteiger partial charge in [0.15, 0.2) is 0 Å². The van der Waals surface area contributed by atoms with Crippen LogP contribution in [0.5, 0.6) is 0 Å². The monoisotopic (exact) mass is 430 g/mol. The molecule has 2 aliphatic rings. The number of esters is 2. The molecule has 0 saturated heterocycles. The van der Waals surface area contributed by atoms with Crippen molar-refractivity contribution in [1.82, 2.24) is 0 Å². The smallest absolute Gasteiger partial charge is 0.320 e. The number of ether oxygens (including phenoxy) is 2. The van der Waals surface area contributed by atoms with E-state index < -0.39 is 29.2 Å². The second kappa shape index (κ2) is 8.57. The predicted molar refractivity (Wildman–Crippen MR) is 112 cm³/mol. The molecule has 8 heteroatoms. The minimum Gasteiger partial charge on any atom is -0.466 e. The molecule has 0 radical (unpaired) electrons. The zero-order chi connectivity index (χ0) is 23.5. The Morgan fingerprint density at radius 1 is 1.06 bits per heavy atom. The first-order valence-corrected chi connectivity index (χ1v) is 10.3. The average Bonchev–Trinajstić information content (AvgIpc) is 2.80. The van der Waals surface area contributed by atoms with E-state index in [-0.39, 0.29) is 30.9 Å². The normalized spacial score (nSPS) is 20.7. The fraction of sp³-hybridized carbons (Fsp3) is 0.375. The summed E-state index contributed by atoms with van der Waals surface area (Å²) in [6, 6.07) is 13.1. The molecule has 0 aliphatic heterocycles. The molecule has 1 unspecified atom stereocenters. The van der Waals surface area contributed by atoms with Crippen LogP contribution >= 0.6 is 0 Å². The number of hydrogen-bond donors (Lipinski definition) is 1. The summed E-state index contributed by atoms with van der Waals surface area (Å²) in [6.07, 6.45) is 0.125. The van der Waals surface area contributed by atoms with Gasteiger partial charge in [-0.25, -0.2) is 0 Å². The van der Waals surface area contributed by atoms with Crippen molar-refractivity contribution in [3.8, 4) is 18.2 Å². The standard InChI is InChI=1S/C24H22N4O4/c1-3-31-19(29)11-24(22(30)32-4-2)18-10-9-15-7-5-6-8-16(15)20(18)17(12-25)21(28)23(24,13-26)14-27/h5-8H,3-4,9-11,28H2,1-2H3. The molecular formula is C24H22N4O4. The van der Waals surface area contributed by atoms with Crippen molar-refractivity contribution in [2.45, 2.75) is 33.1 Å². The zero-order valence-electron chi connectivity index (χ0n) is 17.9. The van der Waals surface area contributed by atoms with E-state index in [1.54, 1.807) is 26.0 Å². The van der Waals surface area contributed by atoms with Crippen LogP contribution in [0, 0.1) is 44.8 Å². The molecule has 3 rings (SSSR count). The van der Waals surface area contributed by atoms with Gasteiger partial charge in [-0.1, -0.05) is 24.3 Å². The number of carbonyl (C=O) groups excluding carboxylic acids is 2. The Labute approximate surface area is 186 Å². The first-order valence-electron chi connectivity index (χ1n) is 10.3. The zero-order valence-corrected chi connectivity index (χ0v) is 17.9. The van der Waals surface area contributed by atoms with Crippen LogP contribution in [0.25, 0.3) is 5.57 Å². The lowest BCUT2D eigenvalue weighted by Crippen LogP contribution is -2.55. The fourth-order valence-electron chi connectivity index (χ4n) is 4.74. The number of benzene rings is 1. The van der Waals surface area contributed by atoms with E-state index in [4.69, 9.17) is 15.2 Å². The van der Waals surface area contributed by atoms with Gasteiger partial charge in [-0.05, 0) is 43.4 Å². The second-order valence-electron chi connectivity index (χ2n) is 7.49. The minimum absolute atomic E-state index is 0.0374. The summed E-state index contributed by atoms with van der Waals surface area (Å²) in [5, 5.41) is 30.4. The van der Waals surface area contributed by atoms with Gasteiger partial charge in [0.2, 0.25) is 5.41 Å². The number of nitriles is 3. The van der Waals surface area contributed by atoms with E-state index in [9.17, 15) is 25.4 Å². The van der Waals surface area contributed by atoms with Crippen molar-refractivity contribution in [3.05, 3.63) is 52.2 Å². The quantitative estimate of drug-likeness (QED) is 0.700. The molecule has 2 aliphatic carbocycles. The van der Waals surface area contributed by atoms with E-state index in [0.29, 0.717) is 23.1 Å². The Kier molecular flexibility index (Phi) is 6.05. The van der Waals surface area contributed by atoms with Gasteiger partial charge in [0.25, 0.3) is 0 Å². The number of allylic oxidation sites excluding steroid dienone is 3. The Morgan fingerprint density at radius 2 is 1.72 bits per heavy atom. The van der Waals surface area contributed by atoms with Crippen molar-refractivity contribution in [2.24, 2.45) is 16.6 Å². The topological polar surface area (TPSA) is 150 Å². The van der Waals surface area contributed by atoms with Gasteiger partial charge in [-0.15, -0.1) is 0 Å². The van der Waals surface area contributed by atoms with Crippen LogP contribution in [-0.4, -0.2) is 25.2 Å². The van der Waals surface area contributed by atoms with Crippen molar-refractivity contribution in [1.29, 1.82) is 15.8 Å². The predicted octanol–water partition coefficient (Wildman–Crippen LogP) is 2.67. The number of fused-ring (bicyclic) bond motifs is 2. The third-order valence-electron chi connectivity index (χ3n) is 6.10. The van der Waals surface area contributed by atoms with E-state index in [0.717, 1.165) is 5.56 Å². The Bertz CT molecular complexity index is 1160. The highest BCUT2D eigenvalue weighted by atomic mass is 16.5. The molecule has 162 valence electrons. The highest BCUT2D eigenvalue weighted by molar-refractivity contribution is 6.00. The lowest BCUT2D eigenvalue weighted by atomic mass is 9.51. The fourth-order valence-corrected chi connectivity index (χ4v) is 4.74. The molecule has 1 aromatic rings. The summed E-state index contributed by atoms with van der Waals surface area (Å²) >= 11 is 0. The summed E-state index contributed by atoms with van der Waals surface area (Å²) in [4.78, 5) is 26.3. The third kappa shape index (κ3) is 2.94. The summed E-state index contributed by atoms with van der Waals surface area (Å²) in [7, 11) is 0. The van der Waals surface area contributed by atoms with Crippen molar-refractivity contribution >= 4 is 17.5 Å². The van der Waals surface area contributed by atoms with Crippen LogP contribution in [-0.2, 0) is 25.5 Å². The van der Waals surface area contributed by atoms with Crippen LogP contribution in [0.2, 0.25) is 0 Å².